The maximum absolute atomic E-state index is 15.0. The number of carbonyl (C=O) groups excluding carboxylic acids is 2. The standard InChI is InChI=1S/C30H29FO6/c1-5-27(32)36-29(7-3)34-23-14-9-20(10-15-23)22-13-18-25(26(31)19-22)21-11-16-24(17-12-21)35-30(8-4)37-28(33)6-2/h5-6,9-19,29-30H,1-2,7-8H2,3-4H3. The van der Waals surface area contributed by atoms with Gasteiger partial charge in [-0.3, -0.25) is 0 Å². The fourth-order valence-electron chi connectivity index (χ4n) is 3.41. The summed E-state index contributed by atoms with van der Waals surface area (Å²) in [6.07, 6.45) is 1.64. The molecule has 0 aliphatic heterocycles. The van der Waals surface area contributed by atoms with Crippen LogP contribution in [0.3, 0.4) is 0 Å². The molecule has 3 aromatic carbocycles. The number of ether oxygens (including phenoxy) is 4. The van der Waals surface area contributed by atoms with Crippen molar-refractivity contribution in [2.45, 2.75) is 39.3 Å². The van der Waals surface area contributed by atoms with Gasteiger partial charge in [-0.15, -0.1) is 0 Å². The van der Waals surface area contributed by atoms with Crippen LogP contribution in [-0.4, -0.2) is 24.5 Å². The van der Waals surface area contributed by atoms with Gasteiger partial charge in [0.15, 0.2) is 0 Å². The van der Waals surface area contributed by atoms with E-state index in [1.807, 2.05) is 19.9 Å². The van der Waals surface area contributed by atoms with E-state index in [1.165, 1.54) is 6.07 Å². The molecule has 0 bridgehead atoms. The molecule has 2 atom stereocenters. The molecule has 2 unspecified atom stereocenters. The second-order valence-corrected chi connectivity index (χ2v) is 7.94. The van der Waals surface area contributed by atoms with Crippen LogP contribution in [0.1, 0.15) is 26.7 Å². The largest absolute Gasteiger partial charge is 0.455 e. The highest BCUT2D eigenvalue weighted by molar-refractivity contribution is 5.81. The van der Waals surface area contributed by atoms with E-state index in [1.54, 1.807) is 54.6 Å². The Labute approximate surface area is 215 Å². The van der Waals surface area contributed by atoms with Crippen LogP contribution in [0.4, 0.5) is 4.39 Å². The van der Waals surface area contributed by atoms with Crippen LogP contribution in [0, 0.1) is 5.82 Å². The fraction of sp³-hybridized carbons (Fsp3) is 0.200. The van der Waals surface area contributed by atoms with Crippen LogP contribution >= 0.6 is 0 Å². The van der Waals surface area contributed by atoms with Crippen LogP contribution in [0.2, 0.25) is 0 Å². The van der Waals surface area contributed by atoms with Gasteiger partial charge in [0.2, 0.25) is 12.6 Å². The molecule has 0 fully saturated rings. The number of hydrogen-bond donors (Lipinski definition) is 0. The molecule has 3 rings (SSSR count). The summed E-state index contributed by atoms with van der Waals surface area (Å²) in [5.74, 6) is -0.472. The number of rotatable bonds is 12. The Balaban J connectivity index is 1.69. The van der Waals surface area contributed by atoms with Gasteiger partial charge in [-0.1, -0.05) is 63.4 Å². The average Bonchev–Trinajstić information content (AvgIpc) is 2.92. The predicted octanol–water partition coefficient (Wildman–Crippen LogP) is 6.85. The molecule has 0 saturated heterocycles. The smallest absolute Gasteiger partial charge is 0.333 e. The van der Waals surface area contributed by atoms with Gasteiger partial charge < -0.3 is 18.9 Å². The van der Waals surface area contributed by atoms with Crippen LogP contribution in [-0.2, 0) is 19.1 Å². The molecule has 0 N–H and O–H groups in total. The normalized spacial score (nSPS) is 12.1. The molecule has 0 aliphatic rings. The molecule has 0 heterocycles. The average molecular weight is 505 g/mol. The van der Waals surface area contributed by atoms with E-state index in [9.17, 15) is 9.59 Å². The number of carbonyl (C=O) groups is 2. The molecule has 0 aromatic heterocycles. The third kappa shape index (κ3) is 7.54. The van der Waals surface area contributed by atoms with Crippen molar-refractivity contribution >= 4 is 11.9 Å². The summed E-state index contributed by atoms with van der Waals surface area (Å²) in [6, 6.07) is 19.0. The van der Waals surface area contributed by atoms with Gasteiger partial charge in [-0.05, 0) is 47.0 Å². The van der Waals surface area contributed by atoms with Gasteiger partial charge >= 0.3 is 11.9 Å². The van der Waals surface area contributed by atoms with Crippen molar-refractivity contribution in [3.63, 3.8) is 0 Å². The van der Waals surface area contributed by atoms with Gasteiger partial charge in [-0.25, -0.2) is 14.0 Å². The second kappa shape index (κ2) is 13.1. The van der Waals surface area contributed by atoms with E-state index >= 15 is 4.39 Å². The lowest BCUT2D eigenvalue weighted by atomic mass is 9.99. The Hall–Kier alpha value is -4.39. The number of esters is 2. The van der Waals surface area contributed by atoms with Gasteiger partial charge in [0, 0.05) is 30.6 Å². The number of benzene rings is 3. The first-order valence-corrected chi connectivity index (χ1v) is 11.9. The molecule has 0 aliphatic carbocycles. The van der Waals surface area contributed by atoms with Crippen LogP contribution in [0.25, 0.3) is 22.3 Å². The highest BCUT2D eigenvalue weighted by Crippen LogP contribution is 2.30. The summed E-state index contributed by atoms with van der Waals surface area (Å²) in [4.78, 5) is 22.8. The molecule has 6 nitrogen and oxygen atoms in total. The Morgan fingerprint density at radius 3 is 1.57 bits per heavy atom. The Morgan fingerprint density at radius 1 is 0.730 bits per heavy atom. The van der Waals surface area contributed by atoms with Gasteiger partial charge in [0.1, 0.15) is 17.3 Å². The van der Waals surface area contributed by atoms with E-state index in [4.69, 9.17) is 18.9 Å². The zero-order valence-electron chi connectivity index (χ0n) is 20.8. The molecule has 192 valence electrons. The van der Waals surface area contributed by atoms with Gasteiger partial charge in [-0.2, -0.15) is 0 Å². The molecule has 0 spiro atoms. The van der Waals surface area contributed by atoms with E-state index in [0.29, 0.717) is 41.0 Å². The second-order valence-electron chi connectivity index (χ2n) is 7.94. The SMILES string of the molecule is C=CC(=O)OC(CC)Oc1ccc(-c2ccc(-c3ccc(OC(CC)OC(=O)C=C)cc3)c(F)c2)cc1. The zero-order valence-corrected chi connectivity index (χ0v) is 20.8. The monoisotopic (exact) mass is 504 g/mol. The van der Waals surface area contributed by atoms with Crippen LogP contribution in [0.5, 0.6) is 11.5 Å². The van der Waals surface area contributed by atoms with Gasteiger partial charge in [0.05, 0.1) is 0 Å². The Bertz CT molecular complexity index is 1230. The number of hydrogen-bond acceptors (Lipinski definition) is 6. The molecule has 7 heteroatoms. The summed E-state index contributed by atoms with van der Waals surface area (Å²) < 4.78 is 36.7. The zero-order chi connectivity index (χ0) is 26.8. The van der Waals surface area contributed by atoms with Crippen LogP contribution < -0.4 is 9.47 Å². The molecule has 37 heavy (non-hydrogen) atoms. The first-order chi connectivity index (χ1) is 17.9. The lowest BCUT2D eigenvalue weighted by Crippen LogP contribution is -2.22. The van der Waals surface area contributed by atoms with Crippen molar-refractivity contribution in [3.8, 4) is 33.8 Å². The predicted molar refractivity (Wildman–Crippen MR) is 139 cm³/mol. The minimum Gasteiger partial charge on any atom is -0.455 e. The Kier molecular flexibility index (Phi) is 9.61. The minimum atomic E-state index is -0.737. The fourth-order valence-corrected chi connectivity index (χ4v) is 3.41. The van der Waals surface area contributed by atoms with Crippen molar-refractivity contribution in [1.82, 2.24) is 0 Å². The molecule has 0 radical (unpaired) electrons. The quantitative estimate of drug-likeness (QED) is 0.153. The van der Waals surface area contributed by atoms with E-state index < -0.39 is 24.5 Å². The highest BCUT2D eigenvalue weighted by atomic mass is 19.1. The summed E-state index contributed by atoms with van der Waals surface area (Å²) in [7, 11) is 0. The number of halogens is 1. The summed E-state index contributed by atoms with van der Waals surface area (Å²) in [6.45, 7) is 10.4. The van der Waals surface area contributed by atoms with E-state index in [2.05, 4.69) is 13.2 Å². The summed E-state index contributed by atoms with van der Waals surface area (Å²) in [5.41, 5.74) is 2.62. The van der Waals surface area contributed by atoms with Crippen LogP contribution in [0.15, 0.2) is 92.0 Å². The van der Waals surface area contributed by atoms with Crippen molar-refractivity contribution in [1.29, 1.82) is 0 Å². The van der Waals surface area contributed by atoms with E-state index in [-0.39, 0.29) is 5.82 Å². The van der Waals surface area contributed by atoms with Crippen molar-refractivity contribution < 1.29 is 32.9 Å². The maximum Gasteiger partial charge on any atom is 0.333 e. The lowest BCUT2D eigenvalue weighted by Gasteiger charge is -2.17. The molecular formula is C30H29FO6. The Morgan fingerprint density at radius 2 is 1.16 bits per heavy atom. The molecule has 3 aromatic rings. The lowest BCUT2D eigenvalue weighted by molar-refractivity contribution is -0.158. The van der Waals surface area contributed by atoms with Crippen molar-refractivity contribution in [2.24, 2.45) is 0 Å². The minimum absolute atomic E-state index is 0.375. The third-order valence-electron chi connectivity index (χ3n) is 5.35. The van der Waals surface area contributed by atoms with Crippen molar-refractivity contribution in [3.05, 3.63) is 97.9 Å². The molecular weight excluding hydrogens is 475 g/mol. The first kappa shape index (κ1) is 27.2. The van der Waals surface area contributed by atoms with Gasteiger partial charge in [0.25, 0.3) is 0 Å². The van der Waals surface area contributed by atoms with E-state index in [0.717, 1.165) is 17.7 Å². The third-order valence-corrected chi connectivity index (χ3v) is 5.35. The molecule has 0 amide bonds. The summed E-state index contributed by atoms with van der Waals surface area (Å²) >= 11 is 0. The highest BCUT2D eigenvalue weighted by Gasteiger charge is 2.14. The summed E-state index contributed by atoms with van der Waals surface area (Å²) in [5, 5.41) is 0. The molecule has 0 saturated carbocycles. The first-order valence-electron chi connectivity index (χ1n) is 11.9. The topological polar surface area (TPSA) is 71.1 Å². The maximum atomic E-state index is 15.0. The van der Waals surface area contributed by atoms with Crippen molar-refractivity contribution in [2.75, 3.05) is 0 Å².